The van der Waals surface area contributed by atoms with Crippen LogP contribution >= 0.6 is 15.9 Å². The van der Waals surface area contributed by atoms with Crippen LogP contribution < -0.4 is 5.32 Å². The third-order valence-corrected chi connectivity index (χ3v) is 4.60. The summed E-state index contributed by atoms with van der Waals surface area (Å²) in [6.07, 6.45) is 5.74. The molecule has 1 saturated carbocycles. The summed E-state index contributed by atoms with van der Waals surface area (Å²) < 4.78 is 0.676. The summed E-state index contributed by atoms with van der Waals surface area (Å²) in [5.41, 5.74) is 0. The number of likely N-dealkylation sites (tertiary alicyclic amines) is 1. The molecule has 1 saturated heterocycles. The molecule has 2 fully saturated rings. The van der Waals surface area contributed by atoms with Gasteiger partial charge >= 0.3 is 12.0 Å². The lowest BCUT2D eigenvalue weighted by Gasteiger charge is -2.46. The van der Waals surface area contributed by atoms with Crippen molar-refractivity contribution < 1.29 is 14.7 Å². The van der Waals surface area contributed by atoms with Crippen LogP contribution in [0.3, 0.4) is 0 Å². The van der Waals surface area contributed by atoms with Crippen LogP contribution in [0.25, 0.3) is 0 Å². The number of halogens is 1. The van der Waals surface area contributed by atoms with Crippen LogP contribution in [0.1, 0.15) is 38.5 Å². The summed E-state index contributed by atoms with van der Waals surface area (Å²) in [5.74, 6) is -0.445. The summed E-state index contributed by atoms with van der Waals surface area (Å²) in [6.45, 7) is 3.99. The first-order chi connectivity index (χ1) is 9.50. The predicted molar refractivity (Wildman–Crippen MR) is 79.7 cm³/mol. The summed E-state index contributed by atoms with van der Waals surface area (Å²) in [7, 11) is 0. The number of nitrogens with one attached hydrogen (secondary N) is 1. The standard InChI is InChI=1S/C14H21BrN2O3/c1-9(15)8-16-14(20)17-11-5-3-2-4-10(11)6-7-12(17)13(18)19/h10-12H,1-8H2,(H,16,20)(H,18,19). The average molecular weight is 345 g/mol. The lowest BCUT2D eigenvalue weighted by Crippen LogP contribution is -2.60. The van der Waals surface area contributed by atoms with Crippen molar-refractivity contribution in [2.45, 2.75) is 50.6 Å². The highest BCUT2D eigenvalue weighted by Crippen LogP contribution is 2.37. The first-order valence-corrected chi connectivity index (χ1v) is 7.92. The third-order valence-electron chi connectivity index (χ3n) is 4.32. The minimum absolute atomic E-state index is 0.0715. The first kappa shape index (κ1) is 15.4. The molecule has 3 atom stereocenters. The fourth-order valence-corrected chi connectivity index (χ4v) is 3.57. The zero-order valence-electron chi connectivity index (χ0n) is 11.5. The Morgan fingerprint density at radius 1 is 1.25 bits per heavy atom. The molecular formula is C14H21BrN2O3. The fourth-order valence-electron chi connectivity index (χ4n) is 3.43. The summed E-state index contributed by atoms with van der Waals surface area (Å²) in [4.78, 5) is 25.4. The van der Waals surface area contributed by atoms with Crippen molar-refractivity contribution in [3.8, 4) is 0 Å². The molecule has 2 rings (SSSR count). The van der Waals surface area contributed by atoms with Gasteiger partial charge in [0, 0.05) is 10.5 Å². The van der Waals surface area contributed by atoms with Gasteiger partial charge in [0.05, 0.1) is 6.54 Å². The monoisotopic (exact) mass is 344 g/mol. The molecule has 2 amide bonds. The molecule has 112 valence electrons. The topological polar surface area (TPSA) is 69.6 Å². The molecule has 6 heteroatoms. The molecule has 0 spiro atoms. The van der Waals surface area contributed by atoms with Crippen LogP contribution in [0.2, 0.25) is 0 Å². The zero-order chi connectivity index (χ0) is 14.7. The Kier molecular flexibility index (Phi) is 5.07. The van der Waals surface area contributed by atoms with Gasteiger partial charge < -0.3 is 15.3 Å². The lowest BCUT2D eigenvalue weighted by molar-refractivity contribution is -0.145. The normalized spacial score (nSPS) is 29.4. The number of hydrogen-bond donors (Lipinski definition) is 2. The smallest absolute Gasteiger partial charge is 0.326 e. The van der Waals surface area contributed by atoms with Crippen LogP contribution in [0, 0.1) is 5.92 Å². The number of aliphatic carboxylic acids is 1. The van der Waals surface area contributed by atoms with E-state index in [1.807, 2.05) is 0 Å². The van der Waals surface area contributed by atoms with Gasteiger partial charge in [0.1, 0.15) is 6.04 Å². The number of amides is 2. The van der Waals surface area contributed by atoms with Crippen LogP contribution in [-0.4, -0.2) is 40.6 Å². The van der Waals surface area contributed by atoms with E-state index in [2.05, 4.69) is 27.8 Å². The maximum absolute atomic E-state index is 12.4. The molecule has 0 aromatic rings. The number of carboxylic acids is 1. The Labute approximate surface area is 127 Å². The van der Waals surface area contributed by atoms with E-state index in [-0.39, 0.29) is 12.1 Å². The van der Waals surface area contributed by atoms with Gasteiger partial charge in [-0.3, -0.25) is 0 Å². The number of carbonyl (C=O) groups excluding carboxylic acids is 1. The van der Waals surface area contributed by atoms with E-state index in [9.17, 15) is 14.7 Å². The van der Waals surface area contributed by atoms with Crippen LogP contribution in [0.4, 0.5) is 4.79 Å². The molecule has 3 unspecified atom stereocenters. The number of nitrogens with zero attached hydrogens (tertiary/aromatic N) is 1. The highest BCUT2D eigenvalue weighted by Gasteiger charge is 2.43. The van der Waals surface area contributed by atoms with Crippen molar-refractivity contribution in [3.05, 3.63) is 11.1 Å². The number of carboxylic acid groups (broad SMARTS) is 1. The Morgan fingerprint density at radius 3 is 2.60 bits per heavy atom. The van der Waals surface area contributed by atoms with Gasteiger partial charge in [-0.15, -0.1) is 0 Å². The van der Waals surface area contributed by atoms with E-state index in [1.54, 1.807) is 4.90 Å². The summed E-state index contributed by atoms with van der Waals surface area (Å²) in [5, 5.41) is 12.1. The van der Waals surface area contributed by atoms with Crippen LogP contribution in [0.5, 0.6) is 0 Å². The maximum Gasteiger partial charge on any atom is 0.326 e. The number of piperidine rings is 1. The molecule has 5 nitrogen and oxygen atoms in total. The van der Waals surface area contributed by atoms with E-state index in [1.165, 1.54) is 6.42 Å². The minimum Gasteiger partial charge on any atom is -0.480 e. The number of fused-ring (bicyclic) bond motifs is 1. The highest BCUT2D eigenvalue weighted by atomic mass is 79.9. The van der Waals surface area contributed by atoms with Gasteiger partial charge in [0.25, 0.3) is 0 Å². The van der Waals surface area contributed by atoms with Crippen molar-refractivity contribution in [1.29, 1.82) is 0 Å². The number of carbonyl (C=O) groups is 2. The van der Waals surface area contributed by atoms with Gasteiger partial charge in [0.15, 0.2) is 0 Å². The fraction of sp³-hybridized carbons (Fsp3) is 0.714. The van der Waals surface area contributed by atoms with Crippen molar-refractivity contribution in [2.24, 2.45) is 5.92 Å². The summed E-state index contributed by atoms with van der Waals surface area (Å²) in [6, 6.07) is -0.908. The number of rotatable bonds is 3. The van der Waals surface area contributed by atoms with Crippen molar-refractivity contribution in [3.63, 3.8) is 0 Å². The van der Waals surface area contributed by atoms with E-state index < -0.39 is 12.0 Å². The van der Waals surface area contributed by atoms with E-state index >= 15 is 0 Å². The SMILES string of the molecule is C=C(Br)CNC(=O)N1C(C(=O)O)CCC2CCCCC21. The van der Waals surface area contributed by atoms with Gasteiger partial charge in [-0.05, 0) is 31.6 Å². The van der Waals surface area contributed by atoms with Crippen LogP contribution in [-0.2, 0) is 4.79 Å². The Hall–Kier alpha value is -1.04. The van der Waals surface area contributed by atoms with E-state index in [4.69, 9.17) is 0 Å². The second-order valence-electron chi connectivity index (χ2n) is 5.63. The van der Waals surface area contributed by atoms with Gasteiger partial charge in [-0.2, -0.15) is 0 Å². The molecule has 2 aliphatic rings. The third kappa shape index (κ3) is 3.34. The molecule has 20 heavy (non-hydrogen) atoms. The quantitative estimate of drug-likeness (QED) is 0.826. The second-order valence-corrected chi connectivity index (χ2v) is 6.75. The average Bonchev–Trinajstić information content (AvgIpc) is 2.43. The molecule has 1 heterocycles. The van der Waals surface area contributed by atoms with Crippen molar-refractivity contribution in [1.82, 2.24) is 10.2 Å². The highest BCUT2D eigenvalue weighted by molar-refractivity contribution is 9.11. The molecule has 1 aliphatic carbocycles. The van der Waals surface area contributed by atoms with Crippen LogP contribution in [0.15, 0.2) is 11.1 Å². The van der Waals surface area contributed by atoms with Gasteiger partial charge in [-0.25, -0.2) is 9.59 Å². The largest absolute Gasteiger partial charge is 0.480 e. The predicted octanol–water partition coefficient (Wildman–Crippen LogP) is 2.71. The Balaban J connectivity index is 2.14. The van der Waals surface area contributed by atoms with Crippen molar-refractivity contribution in [2.75, 3.05) is 6.54 Å². The molecule has 1 aliphatic heterocycles. The minimum atomic E-state index is -0.901. The lowest BCUT2D eigenvalue weighted by atomic mass is 9.76. The summed E-state index contributed by atoms with van der Waals surface area (Å²) >= 11 is 3.20. The van der Waals surface area contributed by atoms with Crippen molar-refractivity contribution >= 4 is 27.9 Å². The van der Waals surface area contributed by atoms with E-state index in [0.29, 0.717) is 23.4 Å². The maximum atomic E-state index is 12.4. The second kappa shape index (κ2) is 6.61. The van der Waals surface area contributed by atoms with Gasteiger partial charge in [0.2, 0.25) is 0 Å². The van der Waals surface area contributed by atoms with E-state index in [0.717, 1.165) is 25.7 Å². The zero-order valence-corrected chi connectivity index (χ0v) is 13.1. The molecule has 0 radical (unpaired) electrons. The molecule has 0 aromatic heterocycles. The molecule has 0 bridgehead atoms. The number of urea groups is 1. The van der Waals surface area contributed by atoms with Gasteiger partial charge in [-0.1, -0.05) is 35.4 Å². The number of hydrogen-bond acceptors (Lipinski definition) is 2. The first-order valence-electron chi connectivity index (χ1n) is 7.13. The molecular weight excluding hydrogens is 324 g/mol. The Morgan fingerprint density at radius 2 is 1.95 bits per heavy atom. The Bertz CT molecular complexity index is 413. The molecule has 2 N–H and O–H groups in total. The molecule has 0 aromatic carbocycles.